The lowest BCUT2D eigenvalue weighted by molar-refractivity contribution is -0.121. The van der Waals surface area contributed by atoms with Gasteiger partial charge in [0.25, 0.3) is 5.91 Å². The lowest BCUT2D eigenvalue weighted by Gasteiger charge is -2.32. The summed E-state index contributed by atoms with van der Waals surface area (Å²) < 4.78 is 30.8. The molecule has 0 bridgehead atoms. The average Bonchev–Trinajstić information content (AvgIpc) is 3.07. The Morgan fingerprint density at radius 2 is 1.90 bits per heavy atom. The number of anilines is 1. The summed E-state index contributed by atoms with van der Waals surface area (Å²) in [5.74, 6) is -0.510. The molecule has 1 saturated heterocycles. The van der Waals surface area contributed by atoms with E-state index in [-0.39, 0.29) is 17.6 Å². The Balaban J connectivity index is 1.49. The zero-order valence-corrected chi connectivity index (χ0v) is 16.3. The first kappa shape index (κ1) is 19.9. The van der Waals surface area contributed by atoms with Crippen molar-refractivity contribution in [3.8, 4) is 5.75 Å². The van der Waals surface area contributed by atoms with Crippen LogP contribution in [-0.2, 0) is 11.8 Å². The lowest BCUT2D eigenvalue weighted by Crippen LogP contribution is -2.52. The predicted octanol–water partition coefficient (Wildman–Crippen LogP) is 3.71. The van der Waals surface area contributed by atoms with Gasteiger partial charge in [0, 0.05) is 30.2 Å². The molecule has 30 heavy (non-hydrogen) atoms. The number of aryl methyl sites for hydroxylation is 1. The third-order valence-electron chi connectivity index (χ3n) is 5.30. The van der Waals surface area contributed by atoms with E-state index in [9.17, 15) is 18.4 Å². The maximum atomic E-state index is 13.0. The number of benzene rings is 2. The molecule has 3 aromatic rings. The van der Waals surface area contributed by atoms with Crippen molar-refractivity contribution in [2.45, 2.75) is 25.5 Å². The Labute approximate surface area is 172 Å². The summed E-state index contributed by atoms with van der Waals surface area (Å²) in [7, 11) is 1.81. The number of halogens is 2. The number of carbonyl (C=O) groups excluding carboxylic acids is 2. The van der Waals surface area contributed by atoms with Crippen LogP contribution < -0.4 is 15.0 Å². The summed E-state index contributed by atoms with van der Waals surface area (Å²) in [6, 6.07) is 14.7. The van der Waals surface area contributed by atoms with Gasteiger partial charge in [-0.3, -0.25) is 9.59 Å². The maximum Gasteiger partial charge on any atom is 0.387 e. The van der Waals surface area contributed by atoms with Gasteiger partial charge in [0.05, 0.1) is 0 Å². The number of fused-ring (bicyclic) bond motifs is 1. The molecule has 156 valence electrons. The molecule has 1 fully saturated rings. The number of nitrogens with one attached hydrogen (secondary N) is 1. The van der Waals surface area contributed by atoms with Gasteiger partial charge in [0.15, 0.2) is 0 Å². The molecular weight excluding hydrogens is 392 g/mol. The molecule has 2 aromatic carbocycles. The van der Waals surface area contributed by atoms with Crippen molar-refractivity contribution in [1.29, 1.82) is 0 Å². The quantitative estimate of drug-likeness (QED) is 0.694. The first-order valence-corrected chi connectivity index (χ1v) is 9.65. The first-order valence-electron chi connectivity index (χ1n) is 9.65. The predicted molar refractivity (Wildman–Crippen MR) is 109 cm³/mol. The van der Waals surface area contributed by atoms with Gasteiger partial charge in [-0.25, -0.2) is 0 Å². The van der Waals surface area contributed by atoms with E-state index < -0.39 is 12.7 Å². The van der Waals surface area contributed by atoms with E-state index in [1.807, 2.05) is 31.3 Å². The molecule has 0 saturated carbocycles. The number of piperidine rings is 1. The van der Waals surface area contributed by atoms with Crippen LogP contribution in [0.1, 0.15) is 23.3 Å². The smallest absolute Gasteiger partial charge is 0.387 e. The zero-order chi connectivity index (χ0) is 21.3. The largest absolute Gasteiger partial charge is 0.435 e. The Bertz CT molecular complexity index is 1080. The van der Waals surface area contributed by atoms with Crippen molar-refractivity contribution >= 4 is 28.4 Å². The van der Waals surface area contributed by atoms with Gasteiger partial charge >= 0.3 is 6.61 Å². The standard InChI is InChI=1S/C22H21F2N3O3/c1-26-18-7-3-2-5-14(18)13-19(26)20(28)25-17-6-4-12-27(21(17)29)15-8-10-16(11-9-15)30-22(23)24/h2-3,5,7-11,13,17,22H,4,6,12H2,1H3,(H,25,28)/t17-/m1/s1. The van der Waals surface area contributed by atoms with Crippen LogP contribution in [0.4, 0.5) is 14.5 Å². The number of alkyl halides is 2. The molecule has 2 amide bonds. The van der Waals surface area contributed by atoms with Crippen molar-refractivity contribution in [3.63, 3.8) is 0 Å². The maximum absolute atomic E-state index is 13.0. The summed E-state index contributed by atoms with van der Waals surface area (Å²) in [6.07, 6.45) is 1.25. The van der Waals surface area contributed by atoms with E-state index in [1.54, 1.807) is 27.7 Å². The molecule has 0 aliphatic carbocycles. The number of nitrogens with zero attached hydrogens (tertiary/aromatic N) is 2. The van der Waals surface area contributed by atoms with E-state index in [2.05, 4.69) is 10.1 Å². The zero-order valence-electron chi connectivity index (χ0n) is 16.3. The third kappa shape index (κ3) is 3.85. The van der Waals surface area contributed by atoms with Gasteiger partial charge in [-0.15, -0.1) is 0 Å². The molecule has 8 heteroatoms. The fraction of sp³-hybridized carbons (Fsp3) is 0.273. The highest BCUT2D eigenvalue weighted by Gasteiger charge is 2.31. The lowest BCUT2D eigenvalue weighted by atomic mass is 10.0. The summed E-state index contributed by atoms with van der Waals surface area (Å²) >= 11 is 0. The topological polar surface area (TPSA) is 63.6 Å². The molecule has 0 spiro atoms. The van der Waals surface area contributed by atoms with Gasteiger partial charge in [0.1, 0.15) is 17.5 Å². The number of aromatic nitrogens is 1. The molecule has 2 heterocycles. The second-order valence-electron chi connectivity index (χ2n) is 7.18. The van der Waals surface area contributed by atoms with Crippen LogP contribution in [0.3, 0.4) is 0 Å². The fourth-order valence-electron chi connectivity index (χ4n) is 3.81. The monoisotopic (exact) mass is 413 g/mol. The minimum absolute atomic E-state index is 0.0267. The van der Waals surface area contributed by atoms with Gasteiger partial charge < -0.3 is 19.5 Å². The van der Waals surface area contributed by atoms with Crippen LogP contribution in [0, 0.1) is 0 Å². The van der Waals surface area contributed by atoms with E-state index in [0.717, 1.165) is 10.9 Å². The van der Waals surface area contributed by atoms with Crippen LogP contribution in [0.2, 0.25) is 0 Å². The van der Waals surface area contributed by atoms with E-state index >= 15 is 0 Å². The van der Waals surface area contributed by atoms with Gasteiger partial charge in [-0.1, -0.05) is 18.2 Å². The summed E-state index contributed by atoms with van der Waals surface area (Å²) in [5, 5.41) is 3.80. The van der Waals surface area contributed by atoms with Crippen molar-refractivity contribution in [2.75, 3.05) is 11.4 Å². The molecule has 1 N–H and O–H groups in total. The van der Waals surface area contributed by atoms with Crippen molar-refractivity contribution in [2.24, 2.45) is 7.05 Å². The summed E-state index contributed by atoms with van der Waals surface area (Å²) in [5.41, 5.74) is 1.99. The highest BCUT2D eigenvalue weighted by atomic mass is 19.3. The van der Waals surface area contributed by atoms with Crippen LogP contribution in [0.25, 0.3) is 10.9 Å². The third-order valence-corrected chi connectivity index (χ3v) is 5.30. The first-order chi connectivity index (χ1) is 14.4. The Morgan fingerprint density at radius 1 is 1.17 bits per heavy atom. The minimum atomic E-state index is -2.90. The fourth-order valence-corrected chi connectivity index (χ4v) is 3.81. The SMILES string of the molecule is Cn1c(C(=O)N[C@@H]2CCCN(c3ccc(OC(F)F)cc3)C2=O)cc2ccccc21. The second kappa shape index (κ2) is 8.14. The highest BCUT2D eigenvalue weighted by Crippen LogP contribution is 2.25. The highest BCUT2D eigenvalue weighted by molar-refractivity contribution is 6.04. The van der Waals surface area contributed by atoms with Crippen LogP contribution >= 0.6 is 0 Å². The second-order valence-corrected chi connectivity index (χ2v) is 7.18. The molecule has 0 radical (unpaired) electrons. The Kier molecular flexibility index (Phi) is 5.39. The van der Waals surface area contributed by atoms with Crippen LogP contribution in [-0.4, -0.2) is 35.6 Å². The van der Waals surface area contributed by atoms with Crippen molar-refractivity contribution in [3.05, 3.63) is 60.3 Å². The number of rotatable bonds is 5. The van der Waals surface area contributed by atoms with E-state index in [4.69, 9.17) is 0 Å². The molecule has 4 rings (SSSR count). The van der Waals surface area contributed by atoms with Crippen LogP contribution in [0.5, 0.6) is 5.75 Å². The van der Waals surface area contributed by atoms with Gasteiger partial charge in [-0.2, -0.15) is 8.78 Å². The molecule has 6 nitrogen and oxygen atoms in total. The molecule has 1 aliphatic heterocycles. The Morgan fingerprint density at radius 3 is 2.60 bits per heavy atom. The average molecular weight is 413 g/mol. The number of para-hydroxylation sites is 1. The molecular formula is C22H21F2N3O3. The van der Waals surface area contributed by atoms with E-state index in [0.29, 0.717) is 30.8 Å². The van der Waals surface area contributed by atoms with Crippen molar-refractivity contribution < 1.29 is 23.1 Å². The molecule has 0 unspecified atom stereocenters. The Hall–Kier alpha value is -3.42. The van der Waals surface area contributed by atoms with Gasteiger partial charge in [0.2, 0.25) is 5.91 Å². The van der Waals surface area contributed by atoms with Crippen LogP contribution in [0.15, 0.2) is 54.6 Å². The number of hydrogen-bond acceptors (Lipinski definition) is 3. The number of hydrogen-bond donors (Lipinski definition) is 1. The normalized spacial score (nSPS) is 16.9. The number of ether oxygens (including phenoxy) is 1. The molecule has 1 aromatic heterocycles. The summed E-state index contributed by atoms with van der Waals surface area (Å²) in [6.45, 7) is -2.41. The molecule has 1 atom stereocenters. The number of amides is 2. The summed E-state index contributed by atoms with van der Waals surface area (Å²) in [4.78, 5) is 27.4. The molecule has 1 aliphatic rings. The van der Waals surface area contributed by atoms with Crippen molar-refractivity contribution in [1.82, 2.24) is 9.88 Å². The minimum Gasteiger partial charge on any atom is -0.435 e. The van der Waals surface area contributed by atoms with Gasteiger partial charge in [-0.05, 0) is 49.2 Å². The number of carbonyl (C=O) groups is 2. The van der Waals surface area contributed by atoms with E-state index in [1.165, 1.54) is 12.1 Å².